The van der Waals surface area contributed by atoms with Gasteiger partial charge in [0.15, 0.2) is 5.05 Å². The summed E-state index contributed by atoms with van der Waals surface area (Å²) in [7, 11) is 0. The molecule has 0 aromatic heterocycles. The van der Waals surface area contributed by atoms with E-state index in [1.54, 1.807) is 13.8 Å². The van der Waals surface area contributed by atoms with Crippen molar-refractivity contribution in [1.29, 1.82) is 0 Å². The number of thiocarbonyl (C=S) groups is 2. The van der Waals surface area contributed by atoms with Crippen molar-refractivity contribution in [2.75, 3.05) is 0 Å². The third-order valence-electron chi connectivity index (χ3n) is 0.846. The molecule has 3 heteroatoms. The molecule has 46 valence electrons. The van der Waals surface area contributed by atoms with Gasteiger partial charge in [0.2, 0.25) is 0 Å². The van der Waals surface area contributed by atoms with E-state index in [1.165, 1.54) is 5.37 Å². The molecule has 0 saturated carbocycles. The fourth-order valence-electron chi connectivity index (χ4n) is 0.0504. The van der Waals surface area contributed by atoms with Crippen molar-refractivity contribution in [3.63, 3.8) is 0 Å². The molecule has 0 saturated heterocycles. The highest BCUT2D eigenvalue weighted by molar-refractivity contribution is 7.81. The molecule has 0 radical (unpaired) electrons. The molecular weight excluding hydrogens is 140 g/mol. The van der Waals surface area contributed by atoms with Gasteiger partial charge in [-0.25, -0.2) is 0 Å². The molecule has 0 unspecified atom stereocenters. The standard InChI is InChI=1S/C5H8OS2/c1-5(2,3-7)4(6)8/h3H,1-2H3,(H,6,8). The first-order valence-electron chi connectivity index (χ1n) is 2.20. The minimum absolute atomic E-state index is 0.0486. The summed E-state index contributed by atoms with van der Waals surface area (Å²) in [5, 5.41) is 10.1. The summed E-state index contributed by atoms with van der Waals surface area (Å²) in [5.74, 6) is 0. The van der Waals surface area contributed by atoms with Crippen LogP contribution in [0.4, 0.5) is 0 Å². The quantitative estimate of drug-likeness (QED) is 0.604. The molecule has 0 spiro atoms. The number of hydrogen-bond donors (Lipinski definition) is 1. The lowest BCUT2D eigenvalue weighted by Crippen LogP contribution is -2.22. The van der Waals surface area contributed by atoms with E-state index in [-0.39, 0.29) is 5.05 Å². The predicted molar refractivity (Wildman–Crippen MR) is 42.7 cm³/mol. The summed E-state index contributed by atoms with van der Waals surface area (Å²) in [4.78, 5) is 0. The number of aliphatic hydroxyl groups excluding tert-OH is 1. The van der Waals surface area contributed by atoms with Crippen molar-refractivity contribution < 1.29 is 5.11 Å². The highest BCUT2D eigenvalue weighted by Crippen LogP contribution is 2.12. The van der Waals surface area contributed by atoms with Crippen molar-refractivity contribution >= 4 is 34.9 Å². The fourth-order valence-corrected chi connectivity index (χ4v) is 0.296. The molecular formula is C5H8OS2. The minimum Gasteiger partial charge on any atom is -0.501 e. The molecule has 1 N–H and O–H groups in total. The van der Waals surface area contributed by atoms with E-state index >= 15 is 0 Å². The van der Waals surface area contributed by atoms with Crippen molar-refractivity contribution in [1.82, 2.24) is 0 Å². The Kier molecular flexibility index (Phi) is 2.50. The van der Waals surface area contributed by atoms with E-state index in [0.717, 1.165) is 0 Å². The molecule has 1 nitrogen and oxygen atoms in total. The van der Waals surface area contributed by atoms with E-state index < -0.39 is 5.41 Å². The molecule has 0 atom stereocenters. The zero-order valence-corrected chi connectivity index (χ0v) is 6.47. The van der Waals surface area contributed by atoms with Crippen molar-refractivity contribution in [2.45, 2.75) is 13.8 Å². The van der Waals surface area contributed by atoms with Gasteiger partial charge < -0.3 is 5.11 Å². The van der Waals surface area contributed by atoms with E-state index in [1.807, 2.05) is 0 Å². The smallest absolute Gasteiger partial charge is 0.167 e. The van der Waals surface area contributed by atoms with E-state index in [4.69, 9.17) is 5.11 Å². The lowest BCUT2D eigenvalue weighted by molar-refractivity contribution is 0.496. The molecule has 0 amide bonds. The summed E-state index contributed by atoms with van der Waals surface area (Å²) in [6.45, 7) is 3.53. The van der Waals surface area contributed by atoms with Crippen molar-refractivity contribution in [3.8, 4) is 0 Å². The zero-order chi connectivity index (χ0) is 6.78. The van der Waals surface area contributed by atoms with Gasteiger partial charge in [-0.05, 0) is 31.4 Å². The van der Waals surface area contributed by atoms with Crippen molar-refractivity contribution in [2.24, 2.45) is 5.41 Å². The van der Waals surface area contributed by atoms with Crippen LogP contribution in [0, 0.1) is 5.41 Å². The molecule has 0 aromatic rings. The first-order chi connectivity index (χ1) is 3.50. The second-order valence-corrected chi connectivity index (χ2v) is 2.77. The maximum atomic E-state index is 8.71. The average Bonchev–Trinajstić information content (AvgIpc) is 1.67. The third kappa shape index (κ3) is 1.84. The van der Waals surface area contributed by atoms with Crippen LogP contribution in [0.1, 0.15) is 13.8 Å². The van der Waals surface area contributed by atoms with Crippen LogP contribution >= 0.6 is 24.4 Å². The Morgan fingerprint density at radius 3 is 2.00 bits per heavy atom. The van der Waals surface area contributed by atoms with Gasteiger partial charge in [0.05, 0.1) is 5.41 Å². The first kappa shape index (κ1) is 7.98. The van der Waals surface area contributed by atoms with Crippen LogP contribution in [0.15, 0.2) is 0 Å². The van der Waals surface area contributed by atoms with Gasteiger partial charge >= 0.3 is 0 Å². The molecule has 0 rings (SSSR count). The second-order valence-electron chi connectivity index (χ2n) is 2.14. The normalized spacial score (nSPS) is 10.8. The minimum atomic E-state index is -0.481. The van der Waals surface area contributed by atoms with Gasteiger partial charge in [-0.2, -0.15) is 0 Å². The lowest BCUT2D eigenvalue weighted by atomic mass is 9.98. The Bertz CT molecular complexity index is 118. The maximum Gasteiger partial charge on any atom is 0.167 e. The number of rotatable bonds is 2. The Balaban J connectivity index is 4.12. The molecule has 0 heterocycles. The van der Waals surface area contributed by atoms with Gasteiger partial charge in [0.1, 0.15) is 0 Å². The summed E-state index contributed by atoms with van der Waals surface area (Å²) < 4.78 is 0. The Morgan fingerprint density at radius 1 is 1.62 bits per heavy atom. The fraction of sp³-hybridized carbons (Fsp3) is 0.600. The van der Waals surface area contributed by atoms with Crippen LogP contribution < -0.4 is 0 Å². The summed E-state index contributed by atoms with van der Waals surface area (Å²) >= 11 is 9.08. The second kappa shape index (κ2) is 2.51. The van der Waals surface area contributed by atoms with Crippen LogP contribution in [0.3, 0.4) is 0 Å². The number of hydrogen-bond acceptors (Lipinski definition) is 2. The van der Waals surface area contributed by atoms with Gasteiger partial charge in [-0.15, -0.1) is 0 Å². The largest absolute Gasteiger partial charge is 0.501 e. The third-order valence-corrected chi connectivity index (χ3v) is 1.96. The average molecular weight is 148 g/mol. The highest BCUT2D eigenvalue weighted by atomic mass is 32.1. The monoisotopic (exact) mass is 148 g/mol. The molecule has 0 fully saturated rings. The molecule has 0 aliphatic heterocycles. The lowest BCUT2D eigenvalue weighted by Gasteiger charge is -2.13. The van der Waals surface area contributed by atoms with E-state index in [0.29, 0.717) is 0 Å². The van der Waals surface area contributed by atoms with Gasteiger partial charge in [-0.3, -0.25) is 0 Å². The summed E-state index contributed by atoms with van der Waals surface area (Å²) in [6, 6.07) is 0. The number of aliphatic hydroxyl groups is 1. The van der Waals surface area contributed by atoms with Crippen LogP contribution in [-0.2, 0) is 0 Å². The molecule has 8 heavy (non-hydrogen) atoms. The zero-order valence-electron chi connectivity index (χ0n) is 4.84. The topological polar surface area (TPSA) is 20.2 Å². The summed E-state index contributed by atoms with van der Waals surface area (Å²) in [5.41, 5.74) is -0.481. The van der Waals surface area contributed by atoms with Gasteiger partial charge in [-0.1, -0.05) is 12.2 Å². The Labute approximate surface area is 59.7 Å². The molecule has 0 aliphatic rings. The van der Waals surface area contributed by atoms with Gasteiger partial charge in [0.25, 0.3) is 0 Å². The first-order valence-corrected chi connectivity index (χ1v) is 3.08. The van der Waals surface area contributed by atoms with E-state index in [2.05, 4.69) is 24.4 Å². The van der Waals surface area contributed by atoms with Crippen LogP contribution in [0.2, 0.25) is 0 Å². The predicted octanol–water partition coefficient (Wildman–Crippen LogP) is 1.90. The summed E-state index contributed by atoms with van der Waals surface area (Å²) in [6.07, 6.45) is 0. The van der Waals surface area contributed by atoms with Crippen molar-refractivity contribution in [3.05, 3.63) is 0 Å². The molecule has 0 aromatic carbocycles. The van der Waals surface area contributed by atoms with Crippen LogP contribution in [0.5, 0.6) is 0 Å². The van der Waals surface area contributed by atoms with E-state index in [9.17, 15) is 0 Å². The Morgan fingerprint density at radius 2 is 2.00 bits per heavy atom. The highest BCUT2D eigenvalue weighted by Gasteiger charge is 2.18. The van der Waals surface area contributed by atoms with Crippen LogP contribution in [0.25, 0.3) is 0 Å². The maximum absolute atomic E-state index is 8.71. The van der Waals surface area contributed by atoms with Gasteiger partial charge in [0, 0.05) is 0 Å². The molecule has 0 aliphatic carbocycles. The van der Waals surface area contributed by atoms with Crippen LogP contribution in [-0.4, -0.2) is 15.5 Å². The SMILES string of the molecule is CC(C)(C=S)C(O)=S. The Hall–Kier alpha value is -0.0200. The molecule has 0 bridgehead atoms.